The highest BCUT2D eigenvalue weighted by atomic mass is 32.2. The first-order chi connectivity index (χ1) is 5.66. The van der Waals surface area contributed by atoms with Crippen molar-refractivity contribution in [2.24, 2.45) is 5.84 Å². The van der Waals surface area contributed by atoms with Crippen LogP contribution in [0, 0.1) is 0 Å². The molecule has 0 saturated carbocycles. The molecular formula is C6H11N3O2S. The smallest absolute Gasteiger partial charge is 0.267 e. The van der Waals surface area contributed by atoms with Crippen LogP contribution in [-0.2, 0) is 9.59 Å². The number of nitrogens with zero attached hydrogens (tertiary/aromatic N) is 1. The van der Waals surface area contributed by atoms with Gasteiger partial charge in [0, 0.05) is 19.2 Å². The predicted octanol–water partition coefficient (Wildman–Crippen LogP) is -1.10. The summed E-state index contributed by atoms with van der Waals surface area (Å²) in [7, 11) is 0. The molecule has 0 bridgehead atoms. The maximum absolute atomic E-state index is 11.1. The van der Waals surface area contributed by atoms with Gasteiger partial charge in [-0.1, -0.05) is 0 Å². The Morgan fingerprint density at radius 2 is 2.33 bits per heavy atom. The number of nitrogens with two attached hydrogens (primary N) is 1. The number of hydrazine groups is 1. The molecule has 1 atom stereocenters. The summed E-state index contributed by atoms with van der Waals surface area (Å²) in [6, 6.07) is 0. The minimum atomic E-state index is -0.438. The van der Waals surface area contributed by atoms with Gasteiger partial charge in [0.25, 0.3) is 5.91 Å². The number of carbonyl (C=O) groups is 2. The van der Waals surface area contributed by atoms with Gasteiger partial charge in [0.2, 0.25) is 5.91 Å². The summed E-state index contributed by atoms with van der Waals surface area (Å²) in [6.07, 6.45) is 0. The molecule has 0 aliphatic carbocycles. The molecule has 68 valence electrons. The standard InChI is InChI=1S/C6H11N3O2S/c1-4(10)9-2-3-12-6(9)5(11)8-7/h6H,2-3,7H2,1H3,(H,8,11)/t6-/m1/s1. The van der Waals surface area contributed by atoms with Crippen LogP contribution in [0.15, 0.2) is 0 Å². The fraction of sp³-hybridized carbons (Fsp3) is 0.667. The van der Waals surface area contributed by atoms with Crippen LogP contribution >= 0.6 is 11.8 Å². The van der Waals surface area contributed by atoms with Crippen LogP contribution in [0.5, 0.6) is 0 Å². The average molecular weight is 189 g/mol. The molecule has 1 heterocycles. The molecule has 0 unspecified atom stereocenters. The van der Waals surface area contributed by atoms with Crippen molar-refractivity contribution in [2.75, 3.05) is 12.3 Å². The van der Waals surface area contributed by atoms with Crippen LogP contribution in [-0.4, -0.2) is 34.4 Å². The van der Waals surface area contributed by atoms with Crippen molar-refractivity contribution < 1.29 is 9.59 Å². The molecule has 0 aromatic heterocycles. The number of thioether (sulfide) groups is 1. The van der Waals surface area contributed by atoms with Crippen LogP contribution in [0.3, 0.4) is 0 Å². The van der Waals surface area contributed by atoms with Gasteiger partial charge in [0.15, 0.2) is 5.37 Å². The van der Waals surface area contributed by atoms with E-state index in [1.807, 2.05) is 5.43 Å². The Bertz CT molecular complexity index is 209. The van der Waals surface area contributed by atoms with Gasteiger partial charge < -0.3 is 4.90 Å². The van der Waals surface area contributed by atoms with Crippen molar-refractivity contribution in [3.8, 4) is 0 Å². The molecule has 1 rings (SSSR count). The van der Waals surface area contributed by atoms with Crippen molar-refractivity contribution in [3.63, 3.8) is 0 Å². The first-order valence-electron chi connectivity index (χ1n) is 3.56. The Labute approximate surface area is 74.6 Å². The maximum Gasteiger partial charge on any atom is 0.267 e. The topological polar surface area (TPSA) is 75.4 Å². The maximum atomic E-state index is 11.1. The predicted molar refractivity (Wildman–Crippen MR) is 46.0 cm³/mol. The molecule has 5 nitrogen and oxygen atoms in total. The van der Waals surface area contributed by atoms with E-state index in [1.165, 1.54) is 23.6 Å². The van der Waals surface area contributed by atoms with Crippen molar-refractivity contribution in [3.05, 3.63) is 0 Å². The van der Waals surface area contributed by atoms with E-state index in [2.05, 4.69) is 0 Å². The van der Waals surface area contributed by atoms with Gasteiger partial charge in [0.1, 0.15) is 0 Å². The lowest BCUT2D eigenvalue weighted by Gasteiger charge is -2.19. The molecule has 1 fully saturated rings. The molecule has 1 saturated heterocycles. The van der Waals surface area contributed by atoms with E-state index in [0.717, 1.165) is 5.75 Å². The van der Waals surface area contributed by atoms with Crippen LogP contribution in [0.25, 0.3) is 0 Å². The summed E-state index contributed by atoms with van der Waals surface area (Å²) in [5.74, 6) is 5.35. The van der Waals surface area contributed by atoms with Gasteiger partial charge in [-0.15, -0.1) is 11.8 Å². The second kappa shape index (κ2) is 3.77. The number of nitrogens with one attached hydrogen (secondary N) is 1. The number of hydrogen-bond acceptors (Lipinski definition) is 4. The minimum absolute atomic E-state index is 0.0893. The number of rotatable bonds is 1. The van der Waals surface area contributed by atoms with Crippen molar-refractivity contribution in [1.29, 1.82) is 0 Å². The fourth-order valence-electron chi connectivity index (χ4n) is 1.08. The zero-order valence-corrected chi connectivity index (χ0v) is 7.56. The monoisotopic (exact) mass is 189 g/mol. The van der Waals surface area contributed by atoms with E-state index in [0.29, 0.717) is 6.54 Å². The molecule has 3 N–H and O–H groups in total. The van der Waals surface area contributed by atoms with Crippen molar-refractivity contribution in [1.82, 2.24) is 10.3 Å². The Balaban J connectivity index is 2.63. The largest absolute Gasteiger partial charge is 0.321 e. The average Bonchev–Trinajstić information content (AvgIpc) is 2.50. The molecule has 0 aromatic carbocycles. The van der Waals surface area contributed by atoms with Crippen molar-refractivity contribution in [2.45, 2.75) is 12.3 Å². The molecule has 6 heteroatoms. The first kappa shape index (κ1) is 9.34. The third-order valence-corrected chi connectivity index (χ3v) is 2.86. The van der Waals surface area contributed by atoms with Gasteiger partial charge in [-0.2, -0.15) is 0 Å². The SMILES string of the molecule is CC(=O)N1CCS[C@@H]1C(=O)NN. The Hall–Kier alpha value is -0.750. The summed E-state index contributed by atoms with van der Waals surface area (Å²) >= 11 is 1.42. The summed E-state index contributed by atoms with van der Waals surface area (Å²) in [4.78, 5) is 23.6. The number of hydrogen-bond donors (Lipinski definition) is 2. The second-order valence-electron chi connectivity index (χ2n) is 2.44. The van der Waals surface area contributed by atoms with E-state index in [4.69, 9.17) is 5.84 Å². The molecule has 2 amide bonds. The minimum Gasteiger partial charge on any atom is -0.321 e. The van der Waals surface area contributed by atoms with Crippen LogP contribution in [0.1, 0.15) is 6.92 Å². The van der Waals surface area contributed by atoms with Gasteiger partial charge >= 0.3 is 0 Å². The molecule has 0 aromatic rings. The van der Waals surface area contributed by atoms with E-state index in [1.54, 1.807) is 0 Å². The van der Waals surface area contributed by atoms with Gasteiger partial charge in [-0.3, -0.25) is 15.0 Å². The highest BCUT2D eigenvalue weighted by Crippen LogP contribution is 2.23. The quantitative estimate of drug-likeness (QED) is 0.312. The molecule has 0 radical (unpaired) electrons. The lowest BCUT2D eigenvalue weighted by molar-refractivity contribution is -0.134. The van der Waals surface area contributed by atoms with E-state index in [-0.39, 0.29) is 11.8 Å². The normalized spacial score (nSPS) is 22.5. The summed E-state index contributed by atoms with van der Waals surface area (Å²) in [5, 5.41) is -0.438. The highest BCUT2D eigenvalue weighted by molar-refractivity contribution is 8.00. The first-order valence-corrected chi connectivity index (χ1v) is 4.61. The van der Waals surface area contributed by atoms with Crippen LogP contribution in [0.4, 0.5) is 0 Å². The summed E-state index contributed by atoms with van der Waals surface area (Å²) in [5.41, 5.74) is 2.04. The molecule has 12 heavy (non-hydrogen) atoms. The third kappa shape index (κ3) is 1.70. The lowest BCUT2D eigenvalue weighted by atomic mass is 10.4. The molecule has 1 aliphatic heterocycles. The Kier molecular flexibility index (Phi) is 2.93. The Morgan fingerprint density at radius 3 is 2.83 bits per heavy atom. The highest BCUT2D eigenvalue weighted by Gasteiger charge is 2.32. The zero-order valence-electron chi connectivity index (χ0n) is 6.74. The molecular weight excluding hydrogens is 178 g/mol. The lowest BCUT2D eigenvalue weighted by Crippen LogP contribution is -2.46. The van der Waals surface area contributed by atoms with Crippen LogP contribution < -0.4 is 11.3 Å². The second-order valence-corrected chi connectivity index (χ2v) is 3.63. The zero-order chi connectivity index (χ0) is 9.14. The third-order valence-electron chi connectivity index (χ3n) is 1.66. The fourth-order valence-corrected chi connectivity index (χ4v) is 2.26. The Morgan fingerprint density at radius 1 is 1.67 bits per heavy atom. The number of carbonyl (C=O) groups excluding carboxylic acids is 2. The summed E-state index contributed by atoms with van der Waals surface area (Å²) in [6.45, 7) is 2.07. The van der Waals surface area contributed by atoms with Crippen LogP contribution in [0.2, 0.25) is 0 Å². The number of amides is 2. The van der Waals surface area contributed by atoms with Gasteiger partial charge in [-0.05, 0) is 0 Å². The van der Waals surface area contributed by atoms with Crippen molar-refractivity contribution >= 4 is 23.6 Å². The van der Waals surface area contributed by atoms with Gasteiger partial charge in [0.05, 0.1) is 0 Å². The molecule has 1 aliphatic rings. The van der Waals surface area contributed by atoms with Gasteiger partial charge in [-0.25, -0.2) is 5.84 Å². The van der Waals surface area contributed by atoms with E-state index >= 15 is 0 Å². The van der Waals surface area contributed by atoms with E-state index < -0.39 is 5.37 Å². The molecule has 0 spiro atoms. The van der Waals surface area contributed by atoms with E-state index in [9.17, 15) is 9.59 Å². The summed E-state index contributed by atoms with van der Waals surface area (Å²) < 4.78 is 0.